The minimum Gasteiger partial charge on any atom is -0.334 e. The highest BCUT2D eigenvalue weighted by Gasteiger charge is 2.11. The topological polar surface area (TPSA) is 94.0 Å². The molecule has 2 aromatic rings. The summed E-state index contributed by atoms with van der Waals surface area (Å²) in [6.07, 6.45) is 1.81. The van der Waals surface area contributed by atoms with Gasteiger partial charge in [0.15, 0.2) is 5.82 Å². The van der Waals surface area contributed by atoms with Gasteiger partial charge in [0.2, 0.25) is 5.91 Å². The van der Waals surface area contributed by atoms with E-state index in [1.54, 1.807) is 0 Å². The molecule has 0 bridgehead atoms. The van der Waals surface area contributed by atoms with Gasteiger partial charge in [-0.15, -0.1) is 0 Å². The minimum atomic E-state index is -0.0412. The number of carbonyl (C=O) groups excluding carboxylic acids is 1. The van der Waals surface area contributed by atoms with E-state index in [4.69, 9.17) is 10.3 Å². The van der Waals surface area contributed by atoms with Gasteiger partial charge in [0.25, 0.3) is 5.89 Å². The maximum atomic E-state index is 11.8. The largest absolute Gasteiger partial charge is 0.334 e. The van der Waals surface area contributed by atoms with Gasteiger partial charge in [-0.1, -0.05) is 18.1 Å². The number of hydrogen-bond acceptors (Lipinski definition) is 5. The molecule has 0 fully saturated rings. The van der Waals surface area contributed by atoms with Crippen LogP contribution in [-0.2, 0) is 11.2 Å². The van der Waals surface area contributed by atoms with Crippen LogP contribution in [0, 0.1) is 6.92 Å². The molecule has 0 unspecified atom stereocenters. The first kappa shape index (κ1) is 15.2. The highest BCUT2D eigenvalue weighted by molar-refractivity contribution is 5.92. The number of amides is 1. The van der Waals surface area contributed by atoms with Crippen LogP contribution in [0.25, 0.3) is 11.5 Å². The third-order valence-electron chi connectivity index (χ3n) is 3.15. The summed E-state index contributed by atoms with van der Waals surface area (Å²) in [6, 6.07) is 5.67. The lowest BCUT2D eigenvalue weighted by molar-refractivity contribution is -0.116. The molecule has 0 spiro atoms. The number of nitrogens with zero attached hydrogens (tertiary/aromatic N) is 2. The van der Waals surface area contributed by atoms with Gasteiger partial charge in [0, 0.05) is 24.1 Å². The van der Waals surface area contributed by atoms with Crippen LogP contribution >= 0.6 is 0 Å². The lowest BCUT2D eigenvalue weighted by Crippen LogP contribution is -2.14. The molecule has 0 aliphatic rings. The Morgan fingerprint density at radius 1 is 1.43 bits per heavy atom. The highest BCUT2D eigenvalue weighted by Crippen LogP contribution is 2.24. The first-order valence-corrected chi connectivity index (χ1v) is 7.07. The average molecular weight is 288 g/mol. The van der Waals surface area contributed by atoms with Crippen LogP contribution in [0.5, 0.6) is 0 Å². The van der Waals surface area contributed by atoms with Gasteiger partial charge < -0.3 is 15.6 Å². The Morgan fingerprint density at radius 2 is 2.24 bits per heavy atom. The SMILES string of the molecule is CCc1noc(-c2ccc(C)c(NC(=O)CCCN)c2)n1. The maximum Gasteiger partial charge on any atom is 0.257 e. The third-order valence-corrected chi connectivity index (χ3v) is 3.15. The normalized spacial score (nSPS) is 10.6. The molecule has 0 radical (unpaired) electrons. The van der Waals surface area contributed by atoms with Gasteiger partial charge in [0.05, 0.1) is 0 Å². The molecule has 0 saturated heterocycles. The van der Waals surface area contributed by atoms with E-state index < -0.39 is 0 Å². The summed E-state index contributed by atoms with van der Waals surface area (Å²) < 4.78 is 5.22. The van der Waals surface area contributed by atoms with Crippen molar-refractivity contribution in [2.45, 2.75) is 33.1 Å². The van der Waals surface area contributed by atoms with E-state index in [-0.39, 0.29) is 5.91 Å². The fraction of sp³-hybridized carbons (Fsp3) is 0.400. The zero-order valence-corrected chi connectivity index (χ0v) is 12.3. The van der Waals surface area contributed by atoms with Gasteiger partial charge >= 0.3 is 0 Å². The molecule has 6 heteroatoms. The summed E-state index contributed by atoms with van der Waals surface area (Å²) >= 11 is 0. The Morgan fingerprint density at radius 3 is 2.90 bits per heavy atom. The highest BCUT2D eigenvalue weighted by atomic mass is 16.5. The summed E-state index contributed by atoms with van der Waals surface area (Å²) in [4.78, 5) is 16.1. The molecule has 112 valence electrons. The zero-order valence-electron chi connectivity index (χ0n) is 12.3. The number of rotatable bonds is 6. The van der Waals surface area contributed by atoms with E-state index in [2.05, 4.69) is 15.5 Å². The van der Waals surface area contributed by atoms with Crippen molar-refractivity contribution >= 4 is 11.6 Å². The smallest absolute Gasteiger partial charge is 0.257 e. The van der Waals surface area contributed by atoms with Crippen LogP contribution in [-0.4, -0.2) is 22.6 Å². The molecule has 3 N–H and O–H groups in total. The molecule has 1 aromatic heterocycles. The second-order valence-corrected chi connectivity index (χ2v) is 4.84. The first-order valence-electron chi connectivity index (χ1n) is 7.07. The van der Waals surface area contributed by atoms with E-state index in [1.165, 1.54) is 0 Å². The molecule has 1 heterocycles. The van der Waals surface area contributed by atoms with Crippen molar-refractivity contribution in [2.75, 3.05) is 11.9 Å². The average Bonchev–Trinajstić information content (AvgIpc) is 2.96. The van der Waals surface area contributed by atoms with Crippen molar-refractivity contribution in [3.05, 3.63) is 29.6 Å². The number of carbonyl (C=O) groups is 1. The van der Waals surface area contributed by atoms with Crippen LogP contribution in [0.1, 0.15) is 31.2 Å². The number of nitrogens with one attached hydrogen (secondary N) is 1. The Balaban J connectivity index is 2.18. The van der Waals surface area contributed by atoms with Gasteiger partial charge in [-0.2, -0.15) is 4.98 Å². The number of aryl methyl sites for hydroxylation is 2. The fourth-order valence-electron chi connectivity index (χ4n) is 1.88. The molecular formula is C15H20N4O2. The Kier molecular flexibility index (Phi) is 5.05. The van der Waals surface area contributed by atoms with Crippen LogP contribution < -0.4 is 11.1 Å². The predicted molar refractivity (Wildman–Crippen MR) is 80.8 cm³/mol. The van der Waals surface area contributed by atoms with E-state index in [0.717, 1.165) is 23.2 Å². The molecule has 0 aliphatic carbocycles. The van der Waals surface area contributed by atoms with E-state index in [1.807, 2.05) is 32.0 Å². The molecule has 2 rings (SSSR count). The standard InChI is InChI=1S/C15H20N4O2/c1-3-13-18-15(21-19-13)11-7-6-10(2)12(9-11)17-14(20)5-4-8-16/h6-7,9H,3-5,8,16H2,1-2H3,(H,17,20). The molecule has 0 atom stereocenters. The summed E-state index contributed by atoms with van der Waals surface area (Å²) in [5.41, 5.74) is 7.94. The zero-order chi connectivity index (χ0) is 15.2. The van der Waals surface area contributed by atoms with Crippen molar-refractivity contribution in [1.82, 2.24) is 10.1 Å². The quantitative estimate of drug-likeness (QED) is 0.850. The second kappa shape index (κ2) is 6.99. The summed E-state index contributed by atoms with van der Waals surface area (Å²) in [5, 5.41) is 6.77. The van der Waals surface area contributed by atoms with Crippen LogP contribution in [0.15, 0.2) is 22.7 Å². The lowest BCUT2D eigenvalue weighted by Gasteiger charge is -2.09. The van der Waals surface area contributed by atoms with Gasteiger partial charge in [-0.25, -0.2) is 0 Å². The van der Waals surface area contributed by atoms with Crippen molar-refractivity contribution in [3.8, 4) is 11.5 Å². The maximum absolute atomic E-state index is 11.8. The first-order chi connectivity index (χ1) is 10.1. The van der Waals surface area contributed by atoms with Crippen molar-refractivity contribution < 1.29 is 9.32 Å². The fourth-order valence-corrected chi connectivity index (χ4v) is 1.88. The minimum absolute atomic E-state index is 0.0412. The van der Waals surface area contributed by atoms with Crippen LogP contribution in [0.2, 0.25) is 0 Å². The number of benzene rings is 1. The monoisotopic (exact) mass is 288 g/mol. The van der Waals surface area contributed by atoms with E-state index in [0.29, 0.717) is 31.1 Å². The molecule has 1 amide bonds. The van der Waals surface area contributed by atoms with Crippen LogP contribution in [0.4, 0.5) is 5.69 Å². The van der Waals surface area contributed by atoms with Gasteiger partial charge in [-0.05, 0) is 37.6 Å². The number of anilines is 1. The summed E-state index contributed by atoms with van der Waals surface area (Å²) in [7, 11) is 0. The second-order valence-electron chi connectivity index (χ2n) is 4.84. The summed E-state index contributed by atoms with van der Waals surface area (Å²) in [5.74, 6) is 1.09. The number of nitrogens with two attached hydrogens (primary N) is 1. The van der Waals surface area contributed by atoms with Crippen molar-refractivity contribution in [2.24, 2.45) is 5.73 Å². The molecule has 1 aromatic carbocycles. The van der Waals surface area contributed by atoms with Gasteiger partial charge in [-0.3, -0.25) is 4.79 Å². The van der Waals surface area contributed by atoms with E-state index in [9.17, 15) is 4.79 Å². The Hall–Kier alpha value is -2.21. The third kappa shape index (κ3) is 3.88. The molecular weight excluding hydrogens is 268 g/mol. The molecule has 0 aliphatic heterocycles. The Bertz CT molecular complexity index is 622. The predicted octanol–water partition coefficient (Wildman–Crippen LogP) is 2.28. The summed E-state index contributed by atoms with van der Waals surface area (Å²) in [6.45, 7) is 4.41. The number of hydrogen-bond donors (Lipinski definition) is 2. The van der Waals surface area contributed by atoms with E-state index >= 15 is 0 Å². The van der Waals surface area contributed by atoms with Crippen molar-refractivity contribution in [3.63, 3.8) is 0 Å². The van der Waals surface area contributed by atoms with Crippen LogP contribution in [0.3, 0.4) is 0 Å². The lowest BCUT2D eigenvalue weighted by atomic mass is 10.1. The molecule has 6 nitrogen and oxygen atoms in total. The van der Waals surface area contributed by atoms with Gasteiger partial charge in [0.1, 0.15) is 0 Å². The Labute approximate surface area is 123 Å². The molecule has 0 saturated carbocycles. The number of aromatic nitrogens is 2. The van der Waals surface area contributed by atoms with Crippen molar-refractivity contribution in [1.29, 1.82) is 0 Å². The molecule has 21 heavy (non-hydrogen) atoms.